The third kappa shape index (κ3) is 0.933. The van der Waals surface area contributed by atoms with Crippen molar-refractivity contribution in [2.24, 2.45) is 0 Å². The van der Waals surface area contributed by atoms with E-state index in [-0.39, 0.29) is 0 Å². The predicted molar refractivity (Wildman–Crippen MR) is 31.2 cm³/mol. The number of rotatable bonds is 0. The van der Waals surface area contributed by atoms with E-state index in [9.17, 15) is 0 Å². The third-order valence-corrected chi connectivity index (χ3v) is 1.44. The molecule has 0 aromatic carbocycles. The summed E-state index contributed by atoms with van der Waals surface area (Å²) in [6.45, 7) is 0. The van der Waals surface area contributed by atoms with Gasteiger partial charge in [0.2, 0.25) is 6.21 Å². The number of hydrogen-bond donors (Lipinski definition) is 1. The first-order valence-corrected chi connectivity index (χ1v) is 2.60. The van der Waals surface area contributed by atoms with E-state index >= 15 is 0 Å². The van der Waals surface area contributed by atoms with Crippen molar-refractivity contribution in [3.05, 3.63) is 12.3 Å². The van der Waals surface area contributed by atoms with Crippen molar-refractivity contribution in [1.82, 2.24) is 0 Å². The summed E-state index contributed by atoms with van der Waals surface area (Å²) in [6.07, 6.45) is 5.37. The maximum absolute atomic E-state index is 4.75. The average Bonchev–Trinajstić information content (AvgIpc) is 1.91. The Labute approximate surface area is 53.2 Å². The lowest BCUT2D eigenvalue weighted by molar-refractivity contribution is -1.15. The Bertz CT molecular complexity index is 129. The predicted octanol–water partition coefficient (Wildman–Crippen LogP) is -1.68. The summed E-state index contributed by atoms with van der Waals surface area (Å²) >= 11 is 9.44. The van der Waals surface area contributed by atoms with Crippen molar-refractivity contribution in [2.45, 2.75) is 0 Å². The highest BCUT2D eigenvalue weighted by molar-refractivity contribution is 7.53. The van der Waals surface area contributed by atoms with Crippen LogP contribution in [0.15, 0.2) is 12.3 Å². The van der Waals surface area contributed by atoms with E-state index in [0.717, 1.165) is 0 Å². The van der Waals surface area contributed by atoms with Gasteiger partial charge in [0.15, 0.2) is 0 Å². The lowest BCUT2D eigenvalue weighted by Crippen LogP contribution is -3.05. The lowest BCUT2D eigenvalue weighted by Gasteiger charge is -2.11. The van der Waals surface area contributed by atoms with Crippen LogP contribution in [0.25, 0.3) is 0 Å². The topological polar surface area (TPSA) is 7.45 Å². The van der Waals surface area contributed by atoms with E-state index in [1.165, 1.54) is 4.09 Å². The summed E-state index contributed by atoms with van der Waals surface area (Å²) in [4.78, 5) is 0. The van der Waals surface area contributed by atoms with Crippen LogP contribution in [0.3, 0.4) is 0 Å². The third-order valence-electron chi connectivity index (χ3n) is 0.677. The van der Waals surface area contributed by atoms with Gasteiger partial charge in [-0.3, -0.25) is 0 Å². The number of nitrogens with one attached hydrogen (secondary N) is 1. The molecule has 0 bridgehead atoms. The van der Waals surface area contributed by atoms with Crippen LogP contribution in [0, 0.1) is 0 Å². The van der Waals surface area contributed by atoms with Gasteiger partial charge in [0, 0.05) is 0 Å². The molecular weight excluding hydrogens is 128 g/mol. The Morgan fingerprint density at radius 2 is 2.29 bits per heavy atom. The van der Waals surface area contributed by atoms with Crippen molar-refractivity contribution in [3.63, 3.8) is 0 Å². The van der Waals surface area contributed by atoms with Gasteiger partial charge >= 0.3 is 0 Å². The van der Waals surface area contributed by atoms with Gasteiger partial charge in [0.1, 0.15) is 6.20 Å². The molecule has 0 aliphatic carbocycles. The number of nitrogens with zero attached hydrogens (tertiary/aromatic N) is 1. The minimum Gasteiger partial charge on any atom is -0.418 e. The molecule has 2 nitrogen and oxygen atoms in total. The second-order valence-corrected chi connectivity index (χ2v) is 1.98. The molecule has 1 N–H and O–H groups in total. The quantitative estimate of drug-likeness (QED) is 0.311. The highest BCUT2D eigenvalue weighted by atomic mass is 32.1. The van der Waals surface area contributed by atoms with E-state index in [1.807, 2.05) is 6.08 Å². The number of allylic oxidation sites excluding steroid dienone is 1. The van der Waals surface area contributed by atoms with E-state index in [4.69, 9.17) is 25.6 Å². The van der Waals surface area contributed by atoms with Gasteiger partial charge in [-0.15, -0.1) is 0 Å². The van der Waals surface area contributed by atoms with Crippen molar-refractivity contribution in [1.29, 1.82) is 0 Å². The van der Waals surface area contributed by atoms with E-state index in [1.54, 1.807) is 12.4 Å². The summed E-state index contributed by atoms with van der Waals surface area (Å²) in [5.74, 6) is 0. The summed E-state index contributed by atoms with van der Waals surface area (Å²) < 4.78 is 2.19. The lowest BCUT2D eigenvalue weighted by atomic mass is 10.7. The van der Waals surface area contributed by atoms with E-state index in [0.29, 0.717) is 4.41 Å². The highest BCUT2D eigenvalue weighted by Crippen LogP contribution is 1.63. The molecule has 0 fully saturated rings. The Kier molecular flexibility index (Phi) is 1.32. The molecule has 1 aliphatic rings. The molecule has 4 heteroatoms. The molecule has 0 aromatic rings. The molecule has 0 radical (unpaired) electrons. The van der Waals surface area contributed by atoms with Gasteiger partial charge in [-0.05, 0) is 0 Å². The van der Waals surface area contributed by atoms with Gasteiger partial charge < -0.3 is 25.6 Å². The molecule has 0 aromatic heterocycles. The smallest absolute Gasteiger partial charge is 0.208 e. The van der Waals surface area contributed by atoms with Crippen LogP contribution in [-0.4, -0.2) is 10.3 Å². The molecule has 1 rings (SSSR count). The van der Waals surface area contributed by atoms with Crippen LogP contribution in [0.2, 0.25) is 0 Å². The monoisotopic (exact) mass is 132 g/mol. The molecule has 1 atom stereocenters. The van der Waals surface area contributed by atoms with Crippen LogP contribution in [-0.2, 0) is 25.6 Å². The van der Waals surface area contributed by atoms with Gasteiger partial charge in [0.05, 0.1) is 6.08 Å². The number of quaternary nitrogens is 1. The minimum atomic E-state index is 0.704. The van der Waals surface area contributed by atoms with Crippen LogP contribution in [0.4, 0.5) is 0 Å². The Morgan fingerprint density at radius 1 is 1.57 bits per heavy atom. The van der Waals surface area contributed by atoms with Crippen molar-refractivity contribution < 1.29 is 8.50 Å². The standard InChI is InChI=1S/C3H4N2S2/c6-4-2-1-3-5(4)7/h1-4H. The fraction of sp³-hybridized carbons (Fsp3) is 0. The van der Waals surface area contributed by atoms with E-state index < -0.39 is 0 Å². The number of hydrogen-bond acceptors (Lipinski definition) is 2. The van der Waals surface area contributed by atoms with Crippen molar-refractivity contribution >= 4 is 31.8 Å². The van der Waals surface area contributed by atoms with E-state index in [2.05, 4.69) is 0 Å². The first kappa shape index (κ1) is 5.08. The normalized spacial score (nSPS) is 28.1. The molecule has 38 valence electrons. The highest BCUT2D eigenvalue weighted by Gasteiger charge is 1.96. The molecule has 1 heterocycles. The fourth-order valence-electron chi connectivity index (χ4n) is 0.350. The summed E-state index contributed by atoms with van der Waals surface area (Å²) in [5, 5.41) is 0. The molecular formula is C3H4N2S2. The Balaban J connectivity index is 2.69. The second kappa shape index (κ2) is 1.81. The first-order valence-electron chi connectivity index (χ1n) is 1.82. The zero-order chi connectivity index (χ0) is 5.28. The zero-order valence-corrected chi connectivity index (χ0v) is 5.13. The SMILES string of the molecule is [S-][N+]1=CC=C[NH+]1[S-]. The summed E-state index contributed by atoms with van der Waals surface area (Å²) in [5.41, 5.74) is 0. The molecule has 0 saturated heterocycles. The maximum Gasteiger partial charge on any atom is 0.208 e. The van der Waals surface area contributed by atoms with Crippen LogP contribution < -0.4 is 4.41 Å². The van der Waals surface area contributed by atoms with Gasteiger partial charge in [-0.2, -0.15) is 4.09 Å². The zero-order valence-electron chi connectivity index (χ0n) is 3.50. The van der Waals surface area contributed by atoms with Crippen molar-refractivity contribution in [3.8, 4) is 0 Å². The van der Waals surface area contributed by atoms with Gasteiger partial charge in [-0.25, -0.2) is 4.41 Å². The fourth-order valence-corrected chi connectivity index (χ4v) is 0.621. The molecule has 1 aliphatic heterocycles. The molecule has 0 amide bonds. The largest absolute Gasteiger partial charge is 0.418 e. The molecule has 0 saturated carbocycles. The second-order valence-electron chi connectivity index (χ2n) is 1.17. The Hall–Kier alpha value is -0.0600. The van der Waals surface area contributed by atoms with Gasteiger partial charge in [-0.1, -0.05) is 0 Å². The van der Waals surface area contributed by atoms with Crippen LogP contribution >= 0.6 is 0 Å². The first-order chi connectivity index (χ1) is 3.30. The molecule has 1 unspecified atom stereocenters. The summed E-state index contributed by atoms with van der Waals surface area (Å²) in [7, 11) is 0. The van der Waals surface area contributed by atoms with Crippen molar-refractivity contribution in [2.75, 3.05) is 0 Å². The maximum atomic E-state index is 4.75. The van der Waals surface area contributed by atoms with Crippen LogP contribution in [0.1, 0.15) is 0 Å². The minimum absolute atomic E-state index is 0.704. The van der Waals surface area contributed by atoms with Gasteiger partial charge in [0.25, 0.3) is 0 Å². The molecule has 7 heavy (non-hydrogen) atoms. The summed E-state index contributed by atoms with van der Waals surface area (Å²) in [6, 6.07) is 0. The average molecular weight is 132 g/mol. The molecule has 0 spiro atoms. The van der Waals surface area contributed by atoms with Crippen LogP contribution in [0.5, 0.6) is 0 Å². The Morgan fingerprint density at radius 3 is 2.43 bits per heavy atom.